The van der Waals surface area contributed by atoms with Crippen LogP contribution >= 0.6 is 11.6 Å². The Morgan fingerprint density at radius 3 is 2.46 bits per heavy atom. The van der Waals surface area contributed by atoms with Crippen LogP contribution in [0, 0.1) is 0 Å². The normalized spacial score (nSPS) is 10.2. The maximum Gasteiger partial charge on any atom is 0.337 e. The Labute approximate surface area is 165 Å². The van der Waals surface area contributed by atoms with Gasteiger partial charge in [0.05, 0.1) is 6.54 Å². The number of benzene rings is 2. The first-order chi connectivity index (χ1) is 13.5. The lowest BCUT2D eigenvalue weighted by Gasteiger charge is -2.10. The molecule has 1 aromatic heterocycles. The van der Waals surface area contributed by atoms with Crippen LogP contribution in [0.25, 0.3) is 0 Å². The van der Waals surface area contributed by atoms with Crippen molar-refractivity contribution in [3.05, 3.63) is 99.4 Å². The van der Waals surface area contributed by atoms with Gasteiger partial charge in [0.25, 0.3) is 11.5 Å². The van der Waals surface area contributed by atoms with E-state index in [1.165, 1.54) is 10.6 Å². The molecule has 3 rings (SSSR count). The molecule has 0 aliphatic rings. The number of hydrogen-bond donors (Lipinski definition) is 3. The topological polar surface area (TPSA) is 92.2 Å². The van der Waals surface area contributed by atoms with Crippen molar-refractivity contribution in [2.24, 2.45) is 0 Å². The molecule has 0 spiro atoms. The number of pyridine rings is 1. The van der Waals surface area contributed by atoms with Crippen molar-refractivity contribution < 1.29 is 9.59 Å². The molecule has 0 fully saturated rings. The van der Waals surface area contributed by atoms with E-state index in [0.717, 1.165) is 5.56 Å². The van der Waals surface area contributed by atoms with Gasteiger partial charge in [-0.15, -0.1) is 0 Å². The minimum Gasteiger partial charge on any atom is -0.310 e. The number of amides is 3. The second kappa shape index (κ2) is 8.88. The number of para-hydroxylation sites is 1. The average molecular weight is 397 g/mol. The van der Waals surface area contributed by atoms with Crippen LogP contribution in [0.15, 0.2) is 77.7 Å². The zero-order valence-electron chi connectivity index (χ0n) is 14.7. The second-order valence-electron chi connectivity index (χ2n) is 5.88. The molecule has 0 atom stereocenters. The zero-order valence-corrected chi connectivity index (χ0v) is 15.4. The van der Waals surface area contributed by atoms with Crippen LogP contribution in [0.2, 0.25) is 5.02 Å². The number of carbonyl (C=O) groups is 2. The molecule has 3 N–H and O–H groups in total. The third-order valence-corrected chi connectivity index (χ3v) is 4.06. The highest BCUT2D eigenvalue weighted by molar-refractivity contribution is 6.30. The van der Waals surface area contributed by atoms with Crippen LogP contribution in [0.4, 0.5) is 10.5 Å². The van der Waals surface area contributed by atoms with Crippen LogP contribution in [-0.4, -0.2) is 16.5 Å². The number of hydrogen-bond acceptors (Lipinski definition) is 3. The largest absolute Gasteiger partial charge is 0.337 e. The molecule has 8 heteroatoms. The number of anilines is 1. The number of urea groups is 1. The lowest BCUT2D eigenvalue weighted by Crippen LogP contribution is -2.45. The summed E-state index contributed by atoms with van der Waals surface area (Å²) in [6, 6.07) is 18.2. The summed E-state index contributed by atoms with van der Waals surface area (Å²) in [5.74, 6) is -0.714. The van der Waals surface area contributed by atoms with E-state index < -0.39 is 17.5 Å². The minimum absolute atomic E-state index is 0.0930. The Morgan fingerprint density at radius 2 is 1.71 bits per heavy atom. The molecule has 0 saturated heterocycles. The van der Waals surface area contributed by atoms with Gasteiger partial charge in [0.15, 0.2) is 0 Å². The van der Waals surface area contributed by atoms with Crippen LogP contribution in [0.5, 0.6) is 0 Å². The molecule has 2 aromatic carbocycles. The van der Waals surface area contributed by atoms with E-state index in [4.69, 9.17) is 11.6 Å². The summed E-state index contributed by atoms with van der Waals surface area (Å²) in [7, 11) is 0. The van der Waals surface area contributed by atoms with Gasteiger partial charge in [-0.3, -0.25) is 15.0 Å². The summed E-state index contributed by atoms with van der Waals surface area (Å²) in [5, 5.41) is 3.12. The van der Waals surface area contributed by atoms with Gasteiger partial charge in [-0.1, -0.05) is 41.9 Å². The van der Waals surface area contributed by atoms with E-state index in [0.29, 0.717) is 10.7 Å². The Hall–Kier alpha value is -3.58. The van der Waals surface area contributed by atoms with E-state index >= 15 is 0 Å². The van der Waals surface area contributed by atoms with Gasteiger partial charge in [0, 0.05) is 16.9 Å². The molecule has 0 unspecified atom stereocenters. The third-order valence-electron chi connectivity index (χ3n) is 3.83. The molecular formula is C20H17ClN4O3. The summed E-state index contributed by atoms with van der Waals surface area (Å²) in [5.41, 5.74) is 5.26. The first kappa shape index (κ1) is 19.2. The first-order valence-corrected chi connectivity index (χ1v) is 8.77. The summed E-state index contributed by atoms with van der Waals surface area (Å²) in [6.07, 6.45) is 1.58. The summed E-state index contributed by atoms with van der Waals surface area (Å²) in [4.78, 5) is 36.7. The van der Waals surface area contributed by atoms with E-state index in [2.05, 4.69) is 16.2 Å². The fourth-order valence-electron chi connectivity index (χ4n) is 2.53. The van der Waals surface area contributed by atoms with Crippen LogP contribution in [-0.2, 0) is 6.54 Å². The van der Waals surface area contributed by atoms with Gasteiger partial charge in [0.2, 0.25) is 0 Å². The number of aromatic nitrogens is 1. The maximum absolute atomic E-state index is 12.6. The van der Waals surface area contributed by atoms with Gasteiger partial charge in [-0.25, -0.2) is 10.2 Å². The Morgan fingerprint density at radius 1 is 0.929 bits per heavy atom. The standard InChI is InChI=1S/C20H17ClN4O3/c21-15-7-4-6-14(12-15)13-25-11-5-10-17(19(25)27)18(26)23-24-20(28)22-16-8-2-1-3-9-16/h1-12H,13H2,(H,23,26)(H2,22,24,28). The molecular weight excluding hydrogens is 380 g/mol. The molecule has 0 aliphatic carbocycles. The molecule has 3 aromatic rings. The lowest BCUT2D eigenvalue weighted by molar-refractivity contribution is 0.0936. The second-order valence-corrected chi connectivity index (χ2v) is 6.32. The monoisotopic (exact) mass is 396 g/mol. The van der Waals surface area contributed by atoms with E-state index in [-0.39, 0.29) is 12.1 Å². The summed E-state index contributed by atoms with van der Waals surface area (Å²) in [6.45, 7) is 0.266. The van der Waals surface area contributed by atoms with E-state index in [1.807, 2.05) is 12.1 Å². The number of nitrogens with zero attached hydrogens (tertiary/aromatic N) is 1. The molecule has 28 heavy (non-hydrogen) atoms. The lowest BCUT2D eigenvalue weighted by atomic mass is 10.2. The van der Waals surface area contributed by atoms with Crippen molar-refractivity contribution in [1.29, 1.82) is 0 Å². The number of nitrogens with one attached hydrogen (secondary N) is 3. The number of halogens is 1. The Balaban J connectivity index is 1.65. The summed E-state index contributed by atoms with van der Waals surface area (Å²) < 4.78 is 1.39. The van der Waals surface area contributed by atoms with Crippen molar-refractivity contribution in [2.75, 3.05) is 5.32 Å². The Bertz CT molecular complexity index is 1050. The van der Waals surface area contributed by atoms with Gasteiger partial charge in [-0.05, 0) is 42.0 Å². The first-order valence-electron chi connectivity index (χ1n) is 8.39. The molecule has 0 bridgehead atoms. The Kier molecular flexibility index (Phi) is 6.08. The number of carbonyl (C=O) groups excluding carboxylic acids is 2. The van der Waals surface area contributed by atoms with E-state index in [9.17, 15) is 14.4 Å². The number of hydrazine groups is 1. The molecule has 142 valence electrons. The average Bonchev–Trinajstić information content (AvgIpc) is 2.68. The van der Waals surface area contributed by atoms with Crippen molar-refractivity contribution in [3.8, 4) is 0 Å². The van der Waals surface area contributed by atoms with Gasteiger partial charge in [0.1, 0.15) is 5.56 Å². The molecule has 0 aliphatic heterocycles. The van der Waals surface area contributed by atoms with Gasteiger partial charge in [-0.2, -0.15) is 0 Å². The van der Waals surface area contributed by atoms with Crippen molar-refractivity contribution in [1.82, 2.24) is 15.4 Å². The maximum atomic E-state index is 12.6. The SMILES string of the molecule is O=C(NNC(=O)c1cccn(Cc2cccc(Cl)c2)c1=O)Nc1ccccc1. The third kappa shape index (κ3) is 4.99. The highest BCUT2D eigenvalue weighted by Gasteiger charge is 2.13. The van der Waals surface area contributed by atoms with Crippen LogP contribution in [0.3, 0.4) is 0 Å². The predicted octanol–water partition coefficient (Wildman–Crippen LogP) is 3.02. The van der Waals surface area contributed by atoms with Gasteiger partial charge >= 0.3 is 6.03 Å². The van der Waals surface area contributed by atoms with Gasteiger partial charge < -0.3 is 9.88 Å². The summed E-state index contributed by atoms with van der Waals surface area (Å²) >= 11 is 5.96. The van der Waals surface area contributed by atoms with Crippen molar-refractivity contribution in [3.63, 3.8) is 0 Å². The fourth-order valence-corrected chi connectivity index (χ4v) is 2.74. The fraction of sp³-hybridized carbons (Fsp3) is 0.0500. The van der Waals surface area contributed by atoms with Crippen LogP contribution in [0.1, 0.15) is 15.9 Å². The van der Waals surface area contributed by atoms with Crippen molar-refractivity contribution >= 4 is 29.2 Å². The molecule has 1 heterocycles. The molecule has 7 nitrogen and oxygen atoms in total. The molecule has 0 saturated carbocycles. The molecule has 3 amide bonds. The van der Waals surface area contributed by atoms with E-state index in [1.54, 1.807) is 54.7 Å². The highest BCUT2D eigenvalue weighted by atomic mass is 35.5. The quantitative estimate of drug-likeness (QED) is 0.592. The smallest absolute Gasteiger partial charge is 0.310 e. The minimum atomic E-state index is -0.714. The zero-order chi connectivity index (χ0) is 19.9. The molecule has 0 radical (unpaired) electrons. The highest BCUT2D eigenvalue weighted by Crippen LogP contribution is 2.11. The predicted molar refractivity (Wildman–Crippen MR) is 107 cm³/mol. The number of rotatable bonds is 4. The van der Waals surface area contributed by atoms with Crippen LogP contribution < -0.4 is 21.7 Å². The van der Waals surface area contributed by atoms with Crippen molar-refractivity contribution in [2.45, 2.75) is 6.54 Å².